The molecule has 1 aliphatic heterocycles. The molecule has 2 N–H and O–H groups in total. The van der Waals surface area contributed by atoms with Crippen molar-refractivity contribution in [3.05, 3.63) is 96.2 Å². The minimum absolute atomic E-state index is 0.183. The summed E-state index contributed by atoms with van der Waals surface area (Å²) < 4.78 is 23.7. The molecule has 1 aromatic heterocycles. The van der Waals surface area contributed by atoms with Crippen LogP contribution in [0.1, 0.15) is 15.9 Å². The summed E-state index contributed by atoms with van der Waals surface area (Å²) in [4.78, 5) is 33.4. The van der Waals surface area contributed by atoms with E-state index >= 15 is 0 Å². The van der Waals surface area contributed by atoms with Gasteiger partial charge < -0.3 is 15.1 Å². The molecule has 1 aliphatic rings. The van der Waals surface area contributed by atoms with Crippen molar-refractivity contribution >= 4 is 51.2 Å². The van der Waals surface area contributed by atoms with Crippen molar-refractivity contribution in [2.45, 2.75) is 0 Å². The van der Waals surface area contributed by atoms with Crippen molar-refractivity contribution in [1.29, 1.82) is 5.26 Å². The van der Waals surface area contributed by atoms with Crippen LogP contribution in [0.25, 0.3) is 10.9 Å². The number of pyridine rings is 1. The number of nitrogens with zero attached hydrogens (tertiary/aromatic N) is 5. The number of anilines is 3. The van der Waals surface area contributed by atoms with Gasteiger partial charge in [-0.3, -0.25) is 14.3 Å². The summed E-state index contributed by atoms with van der Waals surface area (Å²) in [7, 11) is 0. The Labute approximate surface area is 227 Å². The number of carbonyl (C=O) groups is 2. The second-order valence-electron chi connectivity index (χ2n) is 8.82. The Hall–Kier alpha value is -4.79. The van der Waals surface area contributed by atoms with Gasteiger partial charge in [-0.1, -0.05) is 18.2 Å². The molecule has 1 saturated heterocycles. The summed E-state index contributed by atoms with van der Waals surface area (Å²) in [5, 5.41) is 12.5. The van der Waals surface area contributed by atoms with Gasteiger partial charge in [0, 0.05) is 49.0 Å². The molecule has 1 fully saturated rings. The lowest BCUT2D eigenvalue weighted by atomic mass is 10.1. The Balaban J connectivity index is 1.24. The van der Waals surface area contributed by atoms with Crippen LogP contribution in [-0.4, -0.2) is 61.7 Å². The van der Waals surface area contributed by atoms with E-state index in [1.165, 1.54) is 4.31 Å². The Kier molecular flexibility index (Phi) is 7.49. The van der Waals surface area contributed by atoms with Crippen molar-refractivity contribution in [2.75, 3.05) is 35.8 Å². The average Bonchev–Trinajstić information content (AvgIpc) is 2.98. The highest BCUT2D eigenvalue weighted by Crippen LogP contribution is 2.32. The molecule has 0 radical (unpaired) electrons. The number of piperazine rings is 1. The van der Waals surface area contributed by atoms with E-state index in [4.69, 9.17) is 5.26 Å². The first-order valence-electron chi connectivity index (χ1n) is 12.1. The maximum absolute atomic E-state index is 13.1. The Morgan fingerprint density at radius 2 is 1.59 bits per heavy atom. The number of fused-ring (bicyclic) bond motifs is 1. The SMILES string of the molecule is N#Cc1ccc(NC(=O)N2CCN(C(=O)c3ccc(N(c4cccc5cccnc45)S(=O)O)cc3)CC2)cc1. The van der Waals surface area contributed by atoms with Crippen LogP contribution >= 0.6 is 0 Å². The van der Waals surface area contributed by atoms with Crippen LogP contribution in [-0.2, 0) is 11.3 Å². The van der Waals surface area contributed by atoms with E-state index in [0.717, 1.165) is 5.39 Å². The van der Waals surface area contributed by atoms with Crippen LogP contribution in [0.3, 0.4) is 0 Å². The monoisotopic (exact) mass is 540 g/mol. The first-order valence-corrected chi connectivity index (χ1v) is 13.2. The number of rotatable bonds is 5. The number of nitrogens with one attached hydrogen (secondary N) is 1. The maximum Gasteiger partial charge on any atom is 0.321 e. The molecule has 0 saturated carbocycles. The second kappa shape index (κ2) is 11.3. The number of amides is 3. The lowest BCUT2D eigenvalue weighted by Gasteiger charge is -2.34. The highest BCUT2D eigenvalue weighted by Gasteiger charge is 2.26. The third-order valence-electron chi connectivity index (χ3n) is 6.45. The third-order valence-corrected chi connectivity index (χ3v) is 7.17. The predicted molar refractivity (Wildman–Crippen MR) is 149 cm³/mol. The second-order valence-corrected chi connectivity index (χ2v) is 9.65. The number of benzene rings is 3. The lowest BCUT2D eigenvalue weighted by Crippen LogP contribution is -2.51. The van der Waals surface area contributed by atoms with Gasteiger partial charge in [0.15, 0.2) is 0 Å². The molecular weight excluding hydrogens is 516 g/mol. The van der Waals surface area contributed by atoms with E-state index in [0.29, 0.717) is 59.9 Å². The van der Waals surface area contributed by atoms with Crippen LogP contribution in [0.5, 0.6) is 0 Å². The van der Waals surface area contributed by atoms with Crippen molar-refractivity contribution in [3.8, 4) is 6.07 Å². The molecule has 196 valence electrons. The van der Waals surface area contributed by atoms with E-state index in [9.17, 15) is 18.4 Å². The zero-order chi connectivity index (χ0) is 27.4. The molecule has 1 atom stereocenters. The number of aromatic nitrogens is 1. The van der Waals surface area contributed by atoms with Crippen LogP contribution in [0, 0.1) is 11.3 Å². The largest absolute Gasteiger partial charge is 0.335 e. The normalized spacial score (nSPS) is 13.9. The number of carbonyl (C=O) groups excluding carboxylic acids is 2. The topological polar surface area (TPSA) is 130 Å². The average molecular weight is 541 g/mol. The molecule has 3 aromatic carbocycles. The summed E-state index contributed by atoms with van der Waals surface area (Å²) in [5.74, 6) is -0.183. The Bertz CT molecular complexity index is 1570. The van der Waals surface area contributed by atoms with Gasteiger partial charge in [-0.15, -0.1) is 0 Å². The number of hydrogen-bond donors (Lipinski definition) is 2. The van der Waals surface area contributed by atoms with Crippen LogP contribution in [0.15, 0.2) is 85.1 Å². The third kappa shape index (κ3) is 5.57. The van der Waals surface area contributed by atoms with E-state index < -0.39 is 11.3 Å². The molecule has 39 heavy (non-hydrogen) atoms. The molecule has 0 aliphatic carbocycles. The van der Waals surface area contributed by atoms with E-state index in [1.807, 2.05) is 18.2 Å². The molecule has 11 heteroatoms. The van der Waals surface area contributed by atoms with Gasteiger partial charge >= 0.3 is 6.03 Å². The number of hydrogen-bond acceptors (Lipinski definition) is 5. The zero-order valence-electron chi connectivity index (χ0n) is 20.7. The van der Waals surface area contributed by atoms with E-state index in [-0.39, 0.29) is 11.9 Å². The van der Waals surface area contributed by atoms with Crippen LogP contribution in [0.2, 0.25) is 0 Å². The smallest absolute Gasteiger partial charge is 0.321 e. The van der Waals surface area contributed by atoms with Crippen molar-refractivity contribution < 1.29 is 18.4 Å². The molecule has 1 unspecified atom stereocenters. The highest BCUT2D eigenvalue weighted by molar-refractivity contribution is 7.81. The first-order chi connectivity index (χ1) is 18.9. The van der Waals surface area contributed by atoms with Crippen LogP contribution < -0.4 is 9.62 Å². The number of urea groups is 1. The van der Waals surface area contributed by atoms with E-state index in [2.05, 4.69) is 10.3 Å². The minimum atomic E-state index is -2.37. The summed E-state index contributed by atoms with van der Waals surface area (Å²) in [6, 6.07) is 24.0. The lowest BCUT2D eigenvalue weighted by molar-refractivity contribution is 0.0671. The minimum Gasteiger partial charge on any atom is -0.335 e. The van der Waals surface area contributed by atoms with Gasteiger partial charge in [0.1, 0.15) is 0 Å². The molecule has 4 aromatic rings. The molecule has 3 amide bonds. The fourth-order valence-electron chi connectivity index (χ4n) is 4.43. The van der Waals surface area contributed by atoms with Crippen LogP contribution in [0.4, 0.5) is 21.9 Å². The van der Waals surface area contributed by atoms with Gasteiger partial charge in [0.05, 0.1) is 28.5 Å². The fraction of sp³-hybridized carbons (Fsp3) is 0.143. The number of nitriles is 1. The molecule has 5 rings (SSSR count). The fourth-order valence-corrected chi connectivity index (χ4v) is 5.05. The summed E-state index contributed by atoms with van der Waals surface area (Å²) in [5.41, 5.74) is 3.04. The zero-order valence-corrected chi connectivity index (χ0v) is 21.5. The van der Waals surface area contributed by atoms with Gasteiger partial charge in [-0.25, -0.2) is 13.3 Å². The van der Waals surface area contributed by atoms with Crippen molar-refractivity contribution in [2.24, 2.45) is 0 Å². The molecular formula is C28H24N6O4S. The molecule has 2 heterocycles. The first kappa shape index (κ1) is 25.8. The van der Waals surface area contributed by atoms with Crippen molar-refractivity contribution in [1.82, 2.24) is 14.8 Å². The summed E-state index contributed by atoms with van der Waals surface area (Å²) in [6.45, 7) is 1.49. The van der Waals surface area contributed by atoms with Gasteiger partial charge in [-0.2, -0.15) is 5.26 Å². The maximum atomic E-state index is 13.1. The molecule has 0 spiro atoms. The highest BCUT2D eigenvalue weighted by atomic mass is 32.2. The van der Waals surface area contributed by atoms with E-state index in [1.54, 1.807) is 82.7 Å². The Morgan fingerprint density at radius 1 is 0.923 bits per heavy atom. The molecule has 10 nitrogen and oxygen atoms in total. The quantitative estimate of drug-likeness (QED) is 0.362. The standard InChI is InChI=1S/C28H24N6O4S/c29-19-20-6-10-23(11-7-20)31-28(36)33-17-15-32(16-18-33)27(35)22-8-12-24(13-9-22)34(39(37)38)25-5-1-3-21-4-2-14-30-26(21)25/h1-14H,15-18H2,(H,31,36)(H,37,38). The Morgan fingerprint density at radius 3 is 2.26 bits per heavy atom. The van der Waals surface area contributed by atoms with Gasteiger partial charge in [0.25, 0.3) is 17.2 Å². The van der Waals surface area contributed by atoms with Gasteiger partial charge in [-0.05, 0) is 60.7 Å². The predicted octanol–water partition coefficient (Wildman–Crippen LogP) is 4.37. The van der Waals surface area contributed by atoms with Gasteiger partial charge in [0.2, 0.25) is 0 Å². The summed E-state index contributed by atoms with van der Waals surface area (Å²) >= 11 is -2.37. The number of para-hydroxylation sites is 1. The summed E-state index contributed by atoms with van der Waals surface area (Å²) in [6.07, 6.45) is 1.63. The van der Waals surface area contributed by atoms with Crippen molar-refractivity contribution in [3.63, 3.8) is 0 Å². The molecule has 0 bridgehead atoms.